The summed E-state index contributed by atoms with van der Waals surface area (Å²) in [5, 5.41) is 0. The second-order valence-electron chi connectivity index (χ2n) is 3.07. The van der Waals surface area contributed by atoms with Crippen LogP contribution in [0, 0.1) is 0 Å². The molecule has 1 aromatic heterocycles. The molecule has 1 aromatic carbocycles. The highest BCUT2D eigenvalue weighted by Gasteiger charge is 2.01. The average molecular weight is 201 g/mol. The molecule has 2 rings (SSSR count). The number of nitrogens with two attached hydrogens (primary N) is 1. The van der Waals surface area contributed by atoms with Gasteiger partial charge in [-0.3, -0.25) is 4.98 Å². The fraction of sp³-hybridized carbons (Fsp3) is 0.0909. The summed E-state index contributed by atoms with van der Waals surface area (Å²) >= 11 is 0. The van der Waals surface area contributed by atoms with E-state index in [-0.39, 0.29) is 0 Å². The molecule has 0 unspecified atom stereocenters. The summed E-state index contributed by atoms with van der Waals surface area (Å²) in [6.45, 7) is 0. The molecule has 0 bridgehead atoms. The van der Waals surface area contributed by atoms with Crippen molar-refractivity contribution in [3.8, 4) is 17.1 Å². The zero-order chi connectivity index (χ0) is 10.7. The number of anilines is 1. The Hall–Kier alpha value is -2.10. The molecule has 0 saturated heterocycles. The second-order valence-corrected chi connectivity index (χ2v) is 3.07. The van der Waals surface area contributed by atoms with Gasteiger partial charge in [0.2, 0.25) is 5.88 Å². The molecule has 0 aliphatic rings. The Bertz CT molecular complexity index is 454. The van der Waals surface area contributed by atoms with Crippen LogP contribution < -0.4 is 10.5 Å². The lowest BCUT2D eigenvalue weighted by Gasteiger charge is -2.02. The number of aromatic nitrogens is 2. The fourth-order valence-electron chi connectivity index (χ4n) is 1.24. The maximum Gasteiger partial charge on any atom is 0.232 e. The summed E-state index contributed by atoms with van der Waals surface area (Å²) in [4.78, 5) is 8.30. The quantitative estimate of drug-likeness (QED) is 0.752. The third-order valence-electron chi connectivity index (χ3n) is 2.03. The number of benzene rings is 1. The monoisotopic (exact) mass is 201 g/mol. The van der Waals surface area contributed by atoms with Crippen LogP contribution >= 0.6 is 0 Å². The summed E-state index contributed by atoms with van der Waals surface area (Å²) < 4.78 is 5.00. The van der Waals surface area contributed by atoms with Gasteiger partial charge in [-0.15, -0.1) is 0 Å². The molecule has 0 amide bonds. The first kappa shape index (κ1) is 9.45. The van der Waals surface area contributed by atoms with Gasteiger partial charge >= 0.3 is 0 Å². The molecule has 4 nitrogen and oxygen atoms in total. The molecule has 0 atom stereocenters. The molecule has 0 radical (unpaired) electrons. The van der Waals surface area contributed by atoms with Gasteiger partial charge in [-0.25, -0.2) is 4.98 Å². The Morgan fingerprint density at radius 3 is 2.53 bits per heavy atom. The van der Waals surface area contributed by atoms with E-state index < -0.39 is 0 Å². The van der Waals surface area contributed by atoms with E-state index in [0.29, 0.717) is 5.88 Å². The lowest BCUT2D eigenvalue weighted by molar-refractivity contribution is 0.396. The van der Waals surface area contributed by atoms with E-state index >= 15 is 0 Å². The van der Waals surface area contributed by atoms with E-state index in [0.717, 1.165) is 16.9 Å². The Morgan fingerprint density at radius 2 is 1.87 bits per heavy atom. The highest BCUT2D eigenvalue weighted by atomic mass is 16.5. The number of nitrogens with zero attached hydrogens (tertiary/aromatic N) is 2. The first-order valence-electron chi connectivity index (χ1n) is 4.51. The first-order chi connectivity index (χ1) is 7.29. The third kappa shape index (κ3) is 2.04. The molecular weight excluding hydrogens is 190 g/mol. The lowest BCUT2D eigenvalue weighted by Crippen LogP contribution is -1.92. The zero-order valence-corrected chi connectivity index (χ0v) is 8.34. The molecule has 0 saturated carbocycles. The molecule has 2 N–H and O–H groups in total. The smallest absolute Gasteiger partial charge is 0.232 e. The molecule has 0 aliphatic heterocycles. The largest absolute Gasteiger partial charge is 0.480 e. The summed E-state index contributed by atoms with van der Waals surface area (Å²) in [5.74, 6) is 0.504. The Morgan fingerprint density at radius 1 is 1.13 bits per heavy atom. The van der Waals surface area contributed by atoms with Crippen LogP contribution in [0.4, 0.5) is 5.69 Å². The van der Waals surface area contributed by atoms with Crippen molar-refractivity contribution in [1.82, 2.24) is 9.97 Å². The predicted octanol–water partition coefficient (Wildman–Crippen LogP) is 1.73. The highest BCUT2D eigenvalue weighted by molar-refractivity contribution is 5.61. The van der Waals surface area contributed by atoms with Crippen LogP contribution in [-0.2, 0) is 0 Å². The zero-order valence-electron chi connectivity index (χ0n) is 8.34. The third-order valence-corrected chi connectivity index (χ3v) is 2.03. The van der Waals surface area contributed by atoms with Crippen LogP contribution in [0.3, 0.4) is 0 Å². The van der Waals surface area contributed by atoms with Gasteiger partial charge in [0.1, 0.15) is 0 Å². The Kier molecular flexibility index (Phi) is 2.49. The van der Waals surface area contributed by atoms with Crippen LogP contribution in [0.1, 0.15) is 0 Å². The van der Waals surface area contributed by atoms with Gasteiger partial charge < -0.3 is 10.5 Å². The minimum Gasteiger partial charge on any atom is -0.480 e. The van der Waals surface area contributed by atoms with E-state index in [2.05, 4.69) is 9.97 Å². The van der Waals surface area contributed by atoms with E-state index in [9.17, 15) is 0 Å². The second kappa shape index (κ2) is 3.96. The molecule has 0 fully saturated rings. The van der Waals surface area contributed by atoms with Crippen LogP contribution in [0.15, 0.2) is 36.7 Å². The van der Waals surface area contributed by atoms with Crippen molar-refractivity contribution in [2.75, 3.05) is 12.8 Å². The summed E-state index contributed by atoms with van der Waals surface area (Å²) in [7, 11) is 1.57. The Labute approximate surface area is 87.7 Å². The Balaban J connectivity index is 2.40. The molecule has 76 valence electrons. The summed E-state index contributed by atoms with van der Waals surface area (Å²) in [5.41, 5.74) is 8.07. The number of hydrogen-bond donors (Lipinski definition) is 1. The summed E-state index contributed by atoms with van der Waals surface area (Å²) in [6.07, 6.45) is 3.26. The topological polar surface area (TPSA) is 61.0 Å². The highest BCUT2D eigenvalue weighted by Crippen LogP contribution is 2.19. The molecule has 2 aromatic rings. The van der Waals surface area contributed by atoms with Crippen molar-refractivity contribution in [3.63, 3.8) is 0 Å². The van der Waals surface area contributed by atoms with Gasteiger partial charge in [-0.2, -0.15) is 0 Å². The van der Waals surface area contributed by atoms with Crippen LogP contribution in [0.2, 0.25) is 0 Å². The average Bonchev–Trinajstić information content (AvgIpc) is 2.30. The predicted molar refractivity (Wildman–Crippen MR) is 58.4 cm³/mol. The normalized spacial score (nSPS) is 9.93. The molecule has 0 spiro atoms. The van der Waals surface area contributed by atoms with E-state index in [1.807, 2.05) is 24.3 Å². The van der Waals surface area contributed by atoms with Gasteiger partial charge in [-0.1, -0.05) is 12.1 Å². The van der Waals surface area contributed by atoms with Gasteiger partial charge in [-0.05, 0) is 12.1 Å². The van der Waals surface area contributed by atoms with Gasteiger partial charge in [0.15, 0.2) is 0 Å². The maximum absolute atomic E-state index is 5.60. The standard InChI is InChI=1S/C11H11N3O/c1-15-11-7-13-6-10(14-11)8-2-4-9(12)5-3-8/h2-7H,12H2,1H3. The van der Waals surface area contributed by atoms with Crippen molar-refractivity contribution in [3.05, 3.63) is 36.7 Å². The molecule has 0 aliphatic carbocycles. The van der Waals surface area contributed by atoms with E-state index in [1.54, 1.807) is 19.5 Å². The SMILES string of the molecule is COc1cncc(-c2ccc(N)cc2)n1. The van der Waals surface area contributed by atoms with Gasteiger partial charge in [0.05, 0.1) is 25.2 Å². The molecule has 4 heteroatoms. The van der Waals surface area contributed by atoms with E-state index in [4.69, 9.17) is 10.5 Å². The molecule has 1 heterocycles. The number of nitrogen functional groups attached to an aromatic ring is 1. The minimum atomic E-state index is 0.504. The van der Waals surface area contributed by atoms with Crippen molar-refractivity contribution in [2.24, 2.45) is 0 Å². The minimum absolute atomic E-state index is 0.504. The molecular formula is C11H11N3O. The van der Waals surface area contributed by atoms with Gasteiger partial charge in [0, 0.05) is 11.3 Å². The van der Waals surface area contributed by atoms with Crippen molar-refractivity contribution in [1.29, 1.82) is 0 Å². The van der Waals surface area contributed by atoms with Crippen molar-refractivity contribution >= 4 is 5.69 Å². The maximum atomic E-state index is 5.60. The number of hydrogen-bond acceptors (Lipinski definition) is 4. The molecule has 15 heavy (non-hydrogen) atoms. The summed E-state index contributed by atoms with van der Waals surface area (Å²) in [6, 6.07) is 7.46. The van der Waals surface area contributed by atoms with E-state index in [1.165, 1.54) is 0 Å². The lowest BCUT2D eigenvalue weighted by atomic mass is 10.1. The first-order valence-corrected chi connectivity index (χ1v) is 4.51. The number of methoxy groups -OCH3 is 1. The van der Waals surface area contributed by atoms with Crippen LogP contribution in [-0.4, -0.2) is 17.1 Å². The van der Waals surface area contributed by atoms with Crippen molar-refractivity contribution in [2.45, 2.75) is 0 Å². The fourth-order valence-corrected chi connectivity index (χ4v) is 1.24. The van der Waals surface area contributed by atoms with Crippen LogP contribution in [0.5, 0.6) is 5.88 Å². The number of ether oxygens (including phenoxy) is 1. The van der Waals surface area contributed by atoms with Crippen LogP contribution in [0.25, 0.3) is 11.3 Å². The van der Waals surface area contributed by atoms with Crippen molar-refractivity contribution < 1.29 is 4.74 Å². The number of rotatable bonds is 2. The van der Waals surface area contributed by atoms with Gasteiger partial charge in [0.25, 0.3) is 0 Å².